The molecule has 2 aromatic carbocycles. The smallest absolute Gasteiger partial charge is 0.449 e. The Morgan fingerprint density at radius 2 is 1.65 bits per heavy atom. The van der Waals surface area contributed by atoms with Gasteiger partial charge >= 0.3 is 12.3 Å². The van der Waals surface area contributed by atoms with E-state index in [2.05, 4.69) is 0 Å². The maximum Gasteiger partial charge on any atom is 0.513 e. The topological polar surface area (TPSA) is 75.0 Å². The zero-order valence-electron chi connectivity index (χ0n) is 19.2. The second-order valence-corrected chi connectivity index (χ2v) is 8.68. The van der Waals surface area contributed by atoms with Crippen molar-refractivity contribution in [3.63, 3.8) is 0 Å². The van der Waals surface area contributed by atoms with Gasteiger partial charge in [0.15, 0.2) is 0 Å². The molecule has 0 amide bonds. The summed E-state index contributed by atoms with van der Waals surface area (Å²) in [6.07, 6.45) is -4.58. The van der Waals surface area contributed by atoms with Gasteiger partial charge in [0.25, 0.3) is 5.76 Å². The van der Waals surface area contributed by atoms with E-state index in [9.17, 15) is 22.8 Å². The van der Waals surface area contributed by atoms with Crippen LogP contribution in [0.3, 0.4) is 0 Å². The minimum Gasteiger partial charge on any atom is -0.449 e. The Bertz CT molecular complexity index is 1220. The minimum atomic E-state index is -5.01. The van der Waals surface area contributed by atoms with Crippen LogP contribution in [0.25, 0.3) is 11.0 Å². The van der Waals surface area contributed by atoms with E-state index >= 15 is 0 Å². The summed E-state index contributed by atoms with van der Waals surface area (Å²) >= 11 is 0. The van der Waals surface area contributed by atoms with Gasteiger partial charge in [-0.25, -0.2) is 4.79 Å². The standard InChI is InChI=1S/C25H25F3O6/c1-5-6-13-31-23(30)33-17-11-12-18-19(14-17)34-22(25(26,27)28)21(20(18)29)32-16-9-7-15(8-10-16)24(2,3)4/h7-12,14H,5-6,13H2,1-4H3. The molecule has 1 heterocycles. The lowest BCUT2D eigenvalue weighted by Crippen LogP contribution is -2.16. The molecule has 0 N–H and O–H groups in total. The molecule has 0 aliphatic heterocycles. The maximum atomic E-state index is 13.7. The summed E-state index contributed by atoms with van der Waals surface area (Å²) in [6, 6.07) is 9.90. The number of alkyl halides is 3. The SMILES string of the molecule is CCCCOC(=O)Oc1ccc2c(=O)c(Oc3ccc(C(C)(C)C)cc3)c(C(F)(F)F)oc2c1. The van der Waals surface area contributed by atoms with E-state index in [1.165, 1.54) is 24.3 Å². The molecule has 0 saturated heterocycles. The number of halogens is 3. The molecule has 3 rings (SSSR count). The molecule has 0 aliphatic rings. The van der Waals surface area contributed by atoms with Crippen LogP contribution in [0, 0.1) is 0 Å². The van der Waals surface area contributed by atoms with Crippen molar-refractivity contribution in [2.75, 3.05) is 6.61 Å². The van der Waals surface area contributed by atoms with Crippen molar-refractivity contribution in [1.29, 1.82) is 0 Å². The molecule has 0 atom stereocenters. The molecule has 1 aromatic heterocycles. The van der Waals surface area contributed by atoms with Gasteiger partial charge in [-0.05, 0) is 41.7 Å². The Labute approximate surface area is 194 Å². The first kappa shape index (κ1) is 25.1. The highest BCUT2D eigenvalue weighted by Gasteiger charge is 2.40. The molecule has 9 heteroatoms. The Kier molecular flexibility index (Phi) is 7.24. The predicted molar refractivity (Wildman–Crippen MR) is 120 cm³/mol. The molecule has 0 bridgehead atoms. The van der Waals surface area contributed by atoms with Crippen LogP contribution in [0.15, 0.2) is 51.7 Å². The van der Waals surface area contributed by atoms with Crippen molar-refractivity contribution in [3.8, 4) is 17.2 Å². The van der Waals surface area contributed by atoms with Crippen LogP contribution in [-0.2, 0) is 16.3 Å². The highest BCUT2D eigenvalue weighted by molar-refractivity contribution is 5.80. The zero-order valence-corrected chi connectivity index (χ0v) is 19.2. The van der Waals surface area contributed by atoms with Crippen LogP contribution in [-0.4, -0.2) is 12.8 Å². The average Bonchev–Trinajstić information content (AvgIpc) is 2.74. The fourth-order valence-corrected chi connectivity index (χ4v) is 3.07. The number of hydrogen-bond acceptors (Lipinski definition) is 6. The Hall–Kier alpha value is -3.49. The number of hydrogen-bond donors (Lipinski definition) is 0. The first-order valence-corrected chi connectivity index (χ1v) is 10.7. The number of fused-ring (bicyclic) bond motifs is 1. The summed E-state index contributed by atoms with van der Waals surface area (Å²) in [5, 5.41) is -0.166. The molecular formula is C25H25F3O6. The number of ether oxygens (including phenoxy) is 3. The number of unbranched alkanes of at least 4 members (excludes halogenated alkanes) is 1. The fraction of sp³-hybridized carbons (Fsp3) is 0.360. The number of carbonyl (C=O) groups is 1. The third kappa shape index (κ3) is 5.89. The number of benzene rings is 2. The first-order valence-electron chi connectivity index (χ1n) is 10.7. The van der Waals surface area contributed by atoms with E-state index in [1.54, 1.807) is 12.1 Å². The quantitative estimate of drug-likeness (QED) is 0.212. The lowest BCUT2D eigenvalue weighted by molar-refractivity contribution is -0.154. The molecule has 0 aliphatic carbocycles. The molecule has 6 nitrogen and oxygen atoms in total. The fourth-order valence-electron chi connectivity index (χ4n) is 3.07. The van der Waals surface area contributed by atoms with E-state index in [1.807, 2.05) is 27.7 Å². The number of carbonyl (C=O) groups excluding carboxylic acids is 1. The van der Waals surface area contributed by atoms with Crippen LogP contribution in [0.5, 0.6) is 17.2 Å². The maximum absolute atomic E-state index is 13.7. The van der Waals surface area contributed by atoms with Crippen molar-refractivity contribution in [2.24, 2.45) is 0 Å². The predicted octanol–water partition coefficient (Wildman–Crippen LogP) is 7.22. The van der Waals surface area contributed by atoms with Crippen molar-refractivity contribution in [1.82, 2.24) is 0 Å². The van der Waals surface area contributed by atoms with Crippen molar-refractivity contribution in [3.05, 3.63) is 64.0 Å². The summed E-state index contributed by atoms with van der Waals surface area (Å²) in [4.78, 5) is 24.6. The number of rotatable bonds is 6. The largest absolute Gasteiger partial charge is 0.513 e. The molecule has 34 heavy (non-hydrogen) atoms. The Balaban J connectivity index is 1.98. The first-order chi connectivity index (χ1) is 15.9. The minimum absolute atomic E-state index is 0.0555. The highest BCUT2D eigenvalue weighted by atomic mass is 19.4. The van der Waals surface area contributed by atoms with Gasteiger partial charge in [0, 0.05) is 6.07 Å². The average molecular weight is 478 g/mol. The second-order valence-electron chi connectivity index (χ2n) is 8.68. The van der Waals surface area contributed by atoms with Crippen molar-refractivity contribution < 1.29 is 36.6 Å². The molecule has 182 valence electrons. The summed E-state index contributed by atoms with van der Waals surface area (Å²) in [5.74, 6) is -2.64. The monoisotopic (exact) mass is 478 g/mol. The molecule has 0 unspecified atom stereocenters. The van der Waals surface area contributed by atoms with E-state index in [0.29, 0.717) is 6.42 Å². The summed E-state index contributed by atoms with van der Waals surface area (Å²) < 4.78 is 61.4. The molecule has 0 spiro atoms. The zero-order chi connectivity index (χ0) is 25.1. The highest BCUT2D eigenvalue weighted by Crippen LogP contribution is 2.39. The second kappa shape index (κ2) is 9.79. The van der Waals surface area contributed by atoms with Crippen LogP contribution in [0.1, 0.15) is 51.9 Å². The lowest BCUT2D eigenvalue weighted by atomic mass is 9.87. The molecule has 0 fully saturated rings. The van der Waals surface area contributed by atoms with Gasteiger partial charge in [-0.2, -0.15) is 13.2 Å². The molecular weight excluding hydrogens is 453 g/mol. The van der Waals surface area contributed by atoms with Gasteiger partial charge in [-0.1, -0.05) is 46.2 Å². The van der Waals surface area contributed by atoms with Crippen LogP contribution in [0.2, 0.25) is 0 Å². The van der Waals surface area contributed by atoms with Gasteiger partial charge in [0.05, 0.1) is 12.0 Å². The van der Waals surface area contributed by atoms with Gasteiger partial charge in [0.2, 0.25) is 11.2 Å². The molecule has 0 radical (unpaired) electrons. The third-order valence-corrected chi connectivity index (χ3v) is 4.94. The van der Waals surface area contributed by atoms with Gasteiger partial charge in [0.1, 0.15) is 17.1 Å². The summed E-state index contributed by atoms with van der Waals surface area (Å²) in [6.45, 7) is 8.03. The van der Waals surface area contributed by atoms with Crippen LogP contribution < -0.4 is 14.9 Å². The third-order valence-electron chi connectivity index (χ3n) is 4.94. The molecule has 3 aromatic rings. The normalized spacial score (nSPS) is 12.0. The van der Waals surface area contributed by atoms with E-state index in [0.717, 1.165) is 18.1 Å². The van der Waals surface area contributed by atoms with Crippen molar-refractivity contribution in [2.45, 2.75) is 52.1 Å². The van der Waals surface area contributed by atoms with Crippen LogP contribution >= 0.6 is 0 Å². The van der Waals surface area contributed by atoms with Gasteiger partial charge in [-0.3, -0.25) is 4.79 Å². The van der Waals surface area contributed by atoms with Gasteiger partial charge < -0.3 is 18.6 Å². The summed E-state index contributed by atoms with van der Waals surface area (Å²) in [5.41, 5.74) is -0.640. The Morgan fingerprint density at radius 1 is 1.00 bits per heavy atom. The lowest BCUT2D eigenvalue weighted by Gasteiger charge is -2.19. The van der Waals surface area contributed by atoms with E-state index in [4.69, 9.17) is 18.6 Å². The van der Waals surface area contributed by atoms with Crippen LogP contribution in [0.4, 0.5) is 18.0 Å². The Morgan fingerprint density at radius 3 is 2.24 bits per heavy atom. The van der Waals surface area contributed by atoms with Gasteiger partial charge in [-0.15, -0.1) is 0 Å². The van der Waals surface area contributed by atoms with E-state index in [-0.39, 0.29) is 28.9 Å². The van der Waals surface area contributed by atoms with E-state index < -0.39 is 34.9 Å². The van der Waals surface area contributed by atoms with Crippen molar-refractivity contribution >= 4 is 17.1 Å². The molecule has 0 saturated carbocycles. The summed E-state index contributed by atoms with van der Waals surface area (Å²) in [7, 11) is 0.